The van der Waals surface area contributed by atoms with Crippen LogP contribution >= 0.6 is 0 Å². The smallest absolute Gasteiger partial charge is 0.239 e. The molecule has 1 aromatic rings. The Morgan fingerprint density at radius 2 is 2.25 bits per heavy atom. The minimum Gasteiger partial charge on any atom is -0.476 e. The second-order valence-electron chi connectivity index (χ2n) is 3.56. The van der Waals surface area contributed by atoms with Crippen molar-refractivity contribution in [3.63, 3.8) is 0 Å². The first-order valence-corrected chi connectivity index (χ1v) is 5.40. The highest BCUT2D eigenvalue weighted by atomic mass is 16.5. The van der Waals surface area contributed by atoms with Crippen molar-refractivity contribution in [1.82, 2.24) is 4.98 Å². The molecule has 0 aliphatic heterocycles. The van der Waals surface area contributed by atoms with Gasteiger partial charge in [0.15, 0.2) is 0 Å². The van der Waals surface area contributed by atoms with Crippen molar-refractivity contribution in [3.05, 3.63) is 12.1 Å². The largest absolute Gasteiger partial charge is 0.476 e. The van der Waals surface area contributed by atoms with Crippen LogP contribution in [0, 0.1) is 0 Å². The number of nitrogens with zero attached hydrogens (tertiary/aromatic N) is 2. The van der Waals surface area contributed by atoms with Crippen LogP contribution in [0.15, 0.2) is 12.1 Å². The summed E-state index contributed by atoms with van der Waals surface area (Å²) in [6.45, 7) is 3.25. The van der Waals surface area contributed by atoms with Crippen LogP contribution in [-0.4, -0.2) is 36.9 Å². The van der Waals surface area contributed by atoms with Gasteiger partial charge >= 0.3 is 0 Å². The first-order chi connectivity index (χ1) is 7.69. The predicted molar refractivity (Wildman–Crippen MR) is 64.8 cm³/mol. The number of ether oxygens (including phenoxy) is 1. The zero-order chi connectivity index (χ0) is 12.0. The minimum atomic E-state index is 0.0910. The highest BCUT2D eigenvalue weighted by Gasteiger charge is 2.07. The Morgan fingerprint density at radius 1 is 1.50 bits per heavy atom. The van der Waals surface area contributed by atoms with Crippen molar-refractivity contribution in [2.75, 3.05) is 37.4 Å². The molecule has 1 heterocycles. The Labute approximate surface area is 95.8 Å². The van der Waals surface area contributed by atoms with Crippen LogP contribution in [0.1, 0.15) is 13.3 Å². The number of aliphatic hydroxyl groups is 1. The molecule has 1 aromatic heterocycles. The Kier molecular flexibility index (Phi) is 4.85. The Morgan fingerprint density at radius 3 is 2.88 bits per heavy atom. The highest BCUT2D eigenvalue weighted by Crippen LogP contribution is 2.22. The summed E-state index contributed by atoms with van der Waals surface area (Å²) < 4.78 is 5.43. The summed E-state index contributed by atoms with van der Waals surface area (Å²) in [5, 5.41) is 8.84. The van der Waals surface area contributed by atoms with Gasteiger partial charge in [0, 0.05) is 13.6 Å². The predicted octanol–water partition coefficient (Wildman–Crippen LogP) is 0.881. The summed E-state index contributed by atoms with van der Waals surface area (Å²) in [5.74, 6) is 1.21. The van der Waals surface area contributed by atoms with Gasteiger partial charge in [0.05, 0.1) is 18.9 Å². The first kappa shape index (κ1) is 12.6. The molecule has 0 atom stereocenters. The SMILES string of the molecule is CCCOc1nc(N(C)CCO)ccc1N. The Hall–Kier alpha value is -1.49. The highest BCUT2D eigenvalue weighted by molar-refractivity contribution is 5.54. The second kappa shape index (κ2) is 6.17. The van der Waals surface area contributed by atoms with Gasteiger partial charge in [0.2, 0.25) is 5.88 Å². The molecule has 3 N–H and O–H groups in total. The number of pyridine rings is 1. The molecule has 0 aliphatic rings. The van der Waals surface area contributed by atoms with Gasteiger partial charge in [0.25, 0.3) is 0 Å². The number of aromatic nitrogens is 1. The molecule has 0 fully saturated rings. The van der Waals surface area contributed by atoms with Crippen LogP contribution in [0.2, 0.25) is 0 Å². The van der Waals surface area contributed by atoms with E-state index in [-0.39, 0.29) is 6.61 Å². The van der Waals surface area contributed by atoms with Gasteiger partial charge in [-0.15, -0.1) is 0 Å². The van der Waals surface area contributed by atoms with Crippen LogP contribution in [0.3, 0.4) is 0 Å². The van der Waals surface area contributed by atoms with E-state index in [0.29, 0.717) is 24.7 Å². The molecule has 0 aromatic carbocycles. The summed E-state index contributed by atoms with van der Waals surface area (Å²) in [4.78, 5) is 6.14. The summed E-state index contributed by atoms with van der Waals surface area (Å²) in [6, 6.07) is 3.57. The van der Waals surface area contributed by atoms with Gasteiger partial charge < -0.3 is 20.5 Å². The van der Waals surface area contributed by atoms with E-state index < -0.39 is 0 Å². The molecule has 0 radical (unpaired) electrons. The third-order valence-electron chi connectivity index (χ3n) is 2.14. The lowest BCUT2D eigenvalue weighted by Gasteiger charge is -2.18. The average Bonchev–Trinajstić information content (AvgIpc) is 2.28. The number of nitrogens with two attached hydrogens (primary N) is 1. The lowest BCUT2D eigenvalue weighted by molar-refractivity contribution is 0.301. The van der Waals surface area contributed by atoms with Crippen molar-refractivity contribution in [2.45, 2.75) is 13.3 Å². The fraction of sp³-hybridized carbons (Fsp3) is 0.545. The van der Waals surface area contributed by atoms with Gasteiger partial charge in [-0.2, -0.15) is 4.98 Å². The molecular formula is C11H19N3O2. The quantitative estimate of drug-likeness (QED) is 0.752. The normalized spacial score (nSPS) is 10.2. The minimum absolute atomic E-state index is 0.0910. The van der Waals surface area contributed by atoms with Gasteiger partial charge in [-0.1, -0.05) is 6.92 Å². The maximum atomic E-state index is 8.84. The summed E-state index contributed by atoms with van der Waals surface area (Å²) in [6.07, 6.45) is 0.915. The van der Waals surface area contributed by atoms with Crippen molar-refractivity contribution in [3.8, 4) is 5.88 Å². The van der Waals surface area contributed by atoms with E-state index in [0.717, 1.165) is 12.2 Å². The molecule has 1 rings (SSSR count). The van der Waals surface area contributed by atoms with E-state index in [1.165, 1.54) is 0 Å². The van der Waals surface area contributed by atoms with E-state index in [1.807, 2.05) is 24.9 Å². The molecule has 0 saturated carbocycles. The fourth-order valence-corrected chi connectivity index (χ4v) is 1.23. The molecule has 0 bridgehead atoms. The van der Waals surface area contributed by atoms with Crippen molar-refractivity contribution in [1.29, 1.82) is 0 Å². The third kappa shape index (κ3) is 3.27. The molecule has 0 aliphatic carbocycles. The van der Waals surface area contributed by atoms with E-state index in [1.54, 1.807) is 6.07 Å². The number of nitrogen functional groups attached to an aromatic ring is 1. The van der Waals surface area contributed by atoms with Crippen molar-refractivity contribution >= 4 is 11.5 Å². The van der Waals surface area contributed by atoms with Gasteiger partial charge in [-0.25, -0.2) is 0 Å². The summed E-state index contributed by atoms with van der Waals surface area (Å²) >= 11 is 0. The number of rotatable bonds is 6. The maximum absolute atomic E-state index is 8.84. The van der Waals surface area contributed by atoms with Crippen LogP contribution in [0.25, 0.3) is 0 Å². The summed E-state index contributed by atoms with van der Waals surface area (Å²) in [7, 11) is 1.86. The number of aliphatic hydroxyl groups excluding tert-OH is 1. The van der Waals surface area contributed by atoms with E-state index >= 15 is 0 Å². The van der Waals surface area contributed by atoms with Crippen LogP contribution in [0.4, 0.5) is 11.5 Å². The number of likely N-dealkylation sites (N-methyl/N-ethyl adjacent to an activating group) is 1. The van der Waals surface area contributed by atoms with Crippen LogP contribution in [-0.2, 0) is 0 Å². The topological polar surface area (TPSA) is 71.6 Å². The number of hydrogen-bond donors (Lipinski definition) is 2. The first-order valence-electron chi connectivity index (χ1n) is 5.40. The Balaban J connectivity index is 2.80. The van der Waals surface area contributed by atoms with E-state index in [4.69, 9.17) is 15.6 Å². The second-order valence-corrected chi connectivity index (χ2v) is 3.56. The molecule has 16 heavy (non-hydrogen) atoms. The van der Waals surface area contributed by atoms with E-state index in [2.05, 4.69) is 4.98 Å². The fourth-order valence-electron chi connectivity index (χ4n) is 1.23. The lowest BCUT2D eigenvalue weighted by atomic mass is 10.3. The molecule has 90 valence electrons. The van der Waals surface area contributed by atoms with Gasteiger partial charge in [-0.05, 0) is 18.6 Å². The molecule has 5 nitrogen and oxygen atoms in total. The molecule has 5 heteroatoms. The lowest BCUT2D eigenvalue weighted by Crippen LogP contribution is -2.22. The van der Waals surface area contributed by atoms with Crippen LogP contribution < -0.4 is 15.4 Å². The molecule has 0 saturated heterocycles. The third-order valence-corrected chi connectivity index (χ3v) is 2.14. The summed E-state index contributed by atoms with van der Waals surface area (Å²) in [5.41, 5.74) is 6.29. The average molecular weight is 225 g/mol. The molecule has 0 spiro atoms. The standard InChI is InChI=1S/C11H19N3O2/c1-3-8-16-11-9(12)4-5-10(13-11)14(2)6-7-15/h4-5,15H,3,6-8,12H2,1-2H3. The van der Waals surface area contributed by atoms with Crippen LogP contribution in [0.5, 0.6) is 5.88 Å². The number of anilines is 2. The molecular weight excluding hydrogens is 206 g/mol. The van der Waals surface area contributed by atoms with E-state index in [9.17, 15) is 0 Å². The van der Waals surface area contributed by atoms with Crippen molar-refractivity contribution < 1.29 is 9.84 Å². The zero-order valence-electron chi connectivity index (χ0n) is 9.81. The molecule has 0 amide bonds. The van der Waals surface area contributed by atoms with Gasteiger partial charge in [0.1, 0.15) is 5.82 Å². The maximum Gasteiger partial charge on any atom is 0.239 e. The number of hydrogen-bond acceptors (Lipinski definition) is 5. The molecule has 0 unspecified atom stereocenters. The monoisotopic (exact) mass is 225 g/mol. The van der Waals surface area contributed by atoms with Crippen molar-refractivity contribution in [2.24, 2.45) is 0 Å². The van der Waals surface area contributed by atoms with Gasteiger partial charge in [-0.3, -0.25) is 0 Å². The Bertz CT molecular complexity index is 331. The zero-order valence-corrected chi connectivity index (χ0v) is 9.81.